The Morgan fingerprint density at radius 1 is 1.52 bits per heavy atom. The van der Waals surface area contributed by atoms with E-state index in [1.807, 2.05) is 0 Å². The Balaban J connectivity index is 1.94. The molecule has 1 aliphatic rings. The summed E-state index contributed by atoms with van der Waals surface area (Å²) in [6, 6.07) is 4.75. The molecule has 1 heterocycles. The minimum absolute atomic E-state index is 0.00942. The van der Waals surface area contributed by atoms with E-state index in [0.717, 1.165) is 4.47 Å². The van der Waals surface area contributed by atoms with Gasteiger partial charge in [0.25, 0.3) is 5.91 Å². The maximum absolute atomic E-state index is 12.0. The molecule has 2 atom stereocenters. The zero-order chi connectivity index (χ0) is 15.6. The molecule has 0 aliphatic carbocycles. The summed E-state index contributed by atoms with van der Waals surface area (Å²) in [5.41, 5.74) is 0. The predicted octanol–water partition coefficient (Wildman–Crippen LogP) is 2.17. The number of carbonyl (C=O) groups is 1. The number of halogens is 2. The van der Waals surface area contributed by atoms with Gasteiger partial charge < -0.3 is 10.1 Å². The van der Waals surface area contributed by atoms with Gasteiger partial charge in [-0.15, -0.1) is 0 Å². The van der Waals surface area contributed by atoms with Crippen molar-refractivity contribution in [3.8, 4) is 5.75 Å². The fourth-order valence-corrected chi connectivity index (χ4v) is 4.43. The van der Waals surface area contributed by atoms with Crippen LogP contribution in [0.1, 0.15) is 13.3 Å². The Hall–Kier alpha value is -0.790. The molecule has 0 unspecified atom stereocenters. The van der Waals surface area contributed by atoms with Crippen molar-refractivity contribution in [2.24, 2.45) is 0 Å². The quantitative estimate of drug-likeness (QED) is 0.846. The standard InChI is InChI=1S/C13H15BrClNO4S/c1-8(20-12-3-2-9(14)6-11(12)15)13(17)16-10-4-5-21(18,19)7-10/h2-3,6,8,10H,4-5,7H2,1H3,(H,16,17)/t8-,10+/m0/s1. The number of nitrogens with one attached hydrogen (secondary N) is 1. The maximum Gasteiger partial charge on any atom is 0.261 e. The molecule has 1 aromatic rings. The number of hydrogen-bond donors (Lipinski definition) is 1. The lowest BCUT2D eigenvalue weighted by Crippen LogP contribution is -2.43. The number of ether oxygens (including phenoxy) is 1. The molecule has 0 bridgehead atoms. The average molecular weight is 397 g/mol. The molecule has 8 heteroatoms. The normalized spacial score (nSPS) is 21.8. The van der Waals surface area contributed by atoms with Gasteiger partial charge in [0.05, 0.1) is 16.5 Å². The van der Waals surface area contributed by atoms with Crippen molar-refractivity contribution < 1.29 is 17.9 Å². The van der Waals surface area contributed by atoms with Gasteiger partial charge in [0, 0.05) is 10.5 Å². The highest BCUT2D eigenvalue weighted by atomic mass is 79.9. The number of rotatable bonds is 4. The molecule has 1 aromatic carbocycles. The molecule has 1 N–H and O–H groups in total. The molecule has 0 spiro atoms. The number of carbonyl (C=O) groups excluding carboxylic acids is 1. The molecule has 2 rings (SSSR count). The van der Waals surface area contributed by atoms with Crippen molar-refractivity contribution in [2.45, 2.75) is 25.5 Å². The van der Waals surface area contributed by atoms with Crippen LogP contribution in [0.25, 0.3) is 0 Å². The third-order valence-corrected chi connectivity index (χ3v) is 5.70. The average Bonchev–Trinajstić information content (AvgIpc) is 2.72. The Morgan fingerprint density at radius 2 is 2.24 bits per heavy atom. The largest absolute Gasteiger partial charge is 0.479 e. The van der Waals surface area contributed by atoms with E-state index in [2.05, 4.69) is 21.2 Å². The molecule has 116 valence electrons. The molecular formula is C13H15BrClNO4S. The van der Waals surface area contributed by atoms with Crippen LogP contribution in [0.5, 0.6) is 5.75 Å². The van der Waals surface area contributed by atoms with Crippen LogP contribution in [0, 0.1) is 0 Å². The van der Waals surface area contributed by atoms with Crippen molar-refractivity contribution >= 4 is 43.3 Å². The first-order chi connectivity index (χ1) is 9.77. The van der Waals surface area contributed by atoms with E-state index in [1.165, 1.54) is 0 Å². The third kappa shape index (κ3) is 4.59. The van der Waals surface area contributed by atoms with Gasteiger partial charge in [0.2, 0.25) is 0 Å². The number of hydrogen-bond acceptors (Lipinski definition) is 4. The Kier molecular flexibility index (Phi) is 5.16. The molecule has 1 amide bonds. The van der Waals surface area contributed by atoms with Crippen LogP contribution < -0.4 is 10.1 Å². The third-order valence-electron chi connectivity index (χ3n) is 3.15. The molecule has 0 aromatic heterocycles. The van der Waals surface area contributed by atoms with Gasteiger partial charge in [0.15, 0.2) is 15.9 Å². The van der Waals surface area contributed by atoms with Gasteiger partial charge >= 0.3 is 0 Å². The van der Waals surface area contributed by atoms with Crippen LogP contribution in [-0.4, -0.2) is 38.0 Å². The van der Waals surface area contributed by atoms with Crippen LogP contribution in [0.2, 0.25) is 5.02 Å². The summed E-state index contributed by atoms with van der Waals surface area (Å²) in [5, 5.41) is 3.09. The van der Waals surface area contributed by atoms with Crippen LogP contribution in [0.4, 0.5) is 0 Å². The maximum atomic E-state index is 12.0. The second-order valence-corrected chi connectivity index (χ2v) is 8.49. The molecule has 1 aliphatic heterocycles. The van der Waals surface area contributed by atoms with E-state index in [-0.39, 0.29) is 23.5 Å². The second kappa shape index (κ2) is 6.54. The smallest absolute Gasteiger partial charge is 0.261 e. The summed E-state index contributed by atoms with van der Waals surface area (Å²) in [7, 11) is -3.02. The van der Waals surface area contributed by atoms with Crippen LogP contribution in [0.15, 0.2) is 22.7 Å². The Bertz CT molecular complexity index is 650. The van der Waals surface area contributed by atoms with E-state index in [4.69, 9.17) is 16.3 Å². The Labute approximate surface area is 137 Å². The summed E-state index contributed by atoms with van der Waals surface area (Å²) in [5.74, 6) is 0.161. The second-order valence-electron chi connectivity index (χ2n) is 4.94. The topological polar surface area (TPSA) is 72.5 Å². The van der Waals surface area contributed by atoms with E-state index < -0.39 is 15.9 Å². The van der Waals surface area contributed by atoms with Crippen molar-refractivity contribution in [3.05, 3.63) is 27.7 Å². The zero-order valence-electron chi connectivity index (χ0n) is 11.3. The molecule has 5 nitrogen and oxygen atoms in total. The van der Waals surface area contributed by atoms with Crippen molar-refractivity contribution in [3.63, 3.8) is 0 Å². The summed E-state index contributed by atoms with van der Waals surface area (Å²) in [6.07, 6.45) is -0.313. The van der Waals surface area contributed by atoms with E-state index in [9.17, 15) is 13.2 Å². The first-order valence-electron chi connectivity index (χ1n) is 6.39. The van der Waals surface area contributed by atoms with Crippen LogP contribution in [-0.2, 0) is 14.6 Å². The highest BCUT2D eigenvalue weighted by Crippen LogP contribution is 2.28. The molecule has 1 fully saturated rings. The summed E-state index contributed by atoms with van der Waals surface area (Å²) in [4.78, 5) is 12.0. The number of amides is 1. The van der Waals surface area contributed by atoms with Gasteiger partial charge in [-0.05, 0) is 31.5 Å². The molecule has 0 radical (unpaired) electrons. The van der Waals surface area contributed by atoms with Gasteiger partial charge in [0.1, 0.15) is 5.75 Å². The van der Waals surface area contributed by atoms with Crippen LogP contribution >= 0.6 is 27.5 Å². The SMILES string of the molecule is C[C@H](Oc1ccc(Br)cc1Cl)C(=O)N[C@@H]1CCS(=O)(=O)C1. The van der Waals surface area contributed by atoms with E-state index in [0.29, 0.717) is 17.2 Å². The lowest BCUT2D eigenvalue weighted by Gasteiger charge is -2.18. The minimum Gasteiger partial charge on any atom is -0.479 e. The van der Waals surface area contributed by atoms with Gasteiger partial charge in [-0.2, -0.15) is 0 Å². The van der Waals surface area contributed by atoms with Gasteiger partial charge in [-0.25, -0.2) is 8.42 Å². The monoisotopic (exact) mass is 395 g/mol. The van der Waals surface area contributed by atoms with Gasteiger partial charge in [-0.1, -0.05) is 27.5 Å². The van der Waals surface area contributed by atoms with Gasteiger partial charge in [-0.3, -0.25) is 4.79 Å². The Morgan fingerprint density at radius 3 is 2.81 bits per heavy atom. The first-order valence-corrected chi connectivity index (χ1v) is 9.38. The molecule has 0 saturated carbocycles. The molecule has 21 heavy (non-hydrogen) atoms. The van der Waals surface area contributed by atoms with E-state index in [1.54, 1.807) is 25.1 Å². The van der Waals surface area contributed by atoms with Crippen molar-refractivity contribution in [1.29, 1.82) is 0 Å². The minimum atomic E-state index is -3.02. The van der Waals surface area contributed by atoms with Crippen LogP contribution in [0.3, 0.4) is 0 Å². The predicted molar refractivity (Wildman–Crippen MR) is 84.4 cm³/mol. The summed E-state index contributed by atoms with van der Waals surface area (Å²) >= 11 is 9.30. The molecule has 1 saturated heterocycles. The fourth-order valence-electron chi connectivity index (χ4n) is 2.04. The van der Waals surface area contributed by atoms with Crippen molar-refractivity contribution in [2.75, 3.05) is 11.5 Å². The van der Waals surface area contributed by atoms with Crippen molar-refractivity contribution in [1.82, 2.24) is 5.32 Å². The van der Waals surface area contributed by atoms with E-state index >= 15 is 0 Å². The summed E-state index contributed by atoms with van der Waals surface area (Å²) < 4.78 is 29.0. The lowest BCUT2D eigenvalue weighted by atomic mass is 10.2. The zero-order valence-corrected chi connectivity index (χ0v) is 14.5. The number of sulfone groups is 1. The highest BCUT2D eigenvalue weighted by Gasteiger charge is 2.30. The lowest BCUT2D eigenvalue weighted by molar-refractivity contribution is -0.127. The number of benzene rings is 1. The first kappa shape index (κ1) is 16.6. The fraction of sp³-hybridized carbons (Fsp3) is 0.462. The summed E-state index contributed by atoms with van der Waals surface area (Å²) in [6.45, 7) is 1.59. The highest BCUT2D eigenvalue weighted by molar-refractivity contribution is 9.10. The molecular weight excluding hydrogens is 382 g/mol.